The Hall–Kier alpha value is -0.700. The number of allylic oxidation sites excluding steroid dienone is 2. The standard InChI is InChI=1S/C9H13/c1-3-5-7-9-8-6-4-2/h1,5,7H,2,4,6,8-9H2/b7-5+. The van der Waals surface area contributed by atoms with E-state index in [1.54, 1.807) is 6.08 Å². The molecule has 1 radical (unpaired) electrons. The third-order valence-electron chi connectivity index (χ3n) is 1.08. The molecule has 0 atom stereocenters. The van der Waals surface area contributed by atoms with Crippen LogP contribution in [0.1, 0.15) is 25.7 Å². The zero-order valence-electron chi connectivity index (χ0n) is 5.77. The maximum atomic E-state index is 4.99. The summed E-state index contributed by atoms with van der Waals surface area (Å²) in [5.41, 5.74) is 0. The van der Waals surface area contributed by atoms with E-state index in [-0.39, 0.29) is 0 Å². The molecule has 0 unspecified atom stereocenters. The third-order valence-corrected chi connectivity index (χ3v) is 1.08. The first-order valence-electron chi connectivity index (χ1n) is 3.32. The molecule has 0 heteroatoms. The molecule has 0 aliphatic rings. The molecule has 0 aliphatic heterocycles. The van der Waals surface area contributed by atoms with Gasteiger partial charge in [0.25, 0.3) is 0 Å². The third kappa shape index (κ3) is 7.30. The average Bonchev–Trinajstić information content (AvgIpc) is 1.89. The van der Waals surface area contributed by atoms with Crippen molar-refractivity contribution in [2.24, 2.45) is 0 Å². The molecule has 0 saturated heterocycles. The minimum atomic E-state index is 1.03. The average molecular weight is 121 g/mol. The summed E-state index contributed by atoms with van der Waals surface area (Å²) in [6.45, 7) is 3.74. The van der Waals surface area contributed by atoms with E-state index in [4.69, 9.17) is 6.42 Å². The Kier molecular flexibility index (Phi) is 6.73. The van der Waals surface area contributed by atoms with Crippen LogP contribution in [0.5, 0.6) is 0 Å². The molecule has 0 N–H and O–H groups in total. The van der Waals surface area contributed by atoms with Gasteiger partial charge in [0, 0.05) is 0 Å². The van der Waals surface area contributed by atoms with E-state index >= 15 is 0 Å². The van der Waals surface area contributed by atoms with E-state index in [0.29, 0.717) is 0 Å². The lowest BCUT2D eigenvalue weighted by Crippen LogP contribution is -1.69. The van der Waals surface area contributed by atoms with Crippen molar-refractivity contribution in [2.45, 2.75) is 25.7 Å². The Bertz CT molecular complexity index is 104. The second kappa shape index (κ2) is 7.30. The van der Waals surface area contributed by atoms with Crippen LogP contribution in [0.15, 0.2) is 12.2 Å². The normalized spacial score (nSPS) is 9.78. The topological polar surface area (TPSA) is 0 Å². The van der Waals surface area contributed by atoms with Crippen molar-refractivity contribution in [1.29, 1.82) is 0 Å². The molecular formula is C9H13. The number of hydrogen-bond donors (Lipinski definition) is 0. The first kappa shape index (κ1) is 8.30. The van der Waals surface area contributed by atoms with Crippen molar-refractivity contribution in [3.63, 3.8) is 0 Å². The lowest BCUT2D eigenvalue weighted by molar-refractivity contribution is 0.761. The molecule has 0 aromatic carbocycles. The monoisotopic (exact) mass is 121 g/mol. The molecule has 0 nitrogen and oxygen atoms in total. The van der Waals surface area contributed by atoms with Crippen molar-refractivity contribution in [3.8, 4) is 12.3 Å². The summed E-state index contributed by atoms with van der Waals surface area (Å²) in [6.07, 6.45) is 13.3. The van der Waals surface area contributed by atoms with Crippen LogP contribution >= 0.6 is 0 Å². The lowest BCUT2D eigenvalue weighted by atomic mass is 10.2. The van der Waals surface area contributed by atoms with E-state index in [1.165, 1.54) is 12.8 Å². The van der Waals surface area contributed by atoms with Crippen LogP contribution in [0.3, 0.4) is 0 Å². The van der Waals surface area contributed by atoms with Gasteiger partial charge in [-0.05, 0) is 18.9 Å². The fourth-order valence-corrected chi connectivity index (χ4v) is 0.590. The molecule has 0 aromatic rings. The van der Waals surface area contributed by atoms with Gasteiger partial charge in [-0.2, -0.15) is 0 Å². The van der Waals surface area contributed by atoms with Crippen LogP contribution in [-0.4, -0.2) is 0 Å². The first-order valence-corrected chi connectivity index (χ1v) is 3.32. The smallest absolute Gasteiger partial charge is 0.0162 e. The molecule has 0 aliphatic carbocycles. The largest absolute Gasteiger partial charge is 0.115 e. The molecule has 9 heavy (non-hydrogen) atoms. The lowest BCUT2D eigenvalue weighted by Gasteiger charge is -1.88. The molecule has 0 amide bonds. The van der Waals surface area contributed by atoms with E-state index in [9.17, 15) is 0 Å². The quantitative estimate of drug-likeness (QED) is 0.396. The Morgan fingerprint density at radius 1 is 1.44 bits per heavy atom. The van der Waals surface area contributed by atoms with Crippen molar-refractivity contribution in [3.05, 3.63) is 19.1 Å². The summed E-state index contributed by atoms with van der Waals surface area (Å²) in [5.74, 6) is 2.45. The predicted molar refractivity (Wildman–Crippen MR) is 41.8 cm³/mol. The van der Waals surface area contributed by atoms with Crippen LogP contribution < -0.4 is 0 Å². The molecule has 0 rings (SSSR count). The molecule has 0 heterocycles. The van der Waals surface area contributed by atoms with Gasteiger partial charge in [-0.3, -0.25) is 0 Å². The minimum Gasteiger partial charge on any atom is -0.115 e. The zero-order valence-corrected chi connectivity index (χ0v) is 5.77. The van der Waals surface area contributed by atoms with E-state index in [1.807, 2.05) is 6.08 Å². The maximum Gasteiger partial charge on any atom is -0.0162 e. The van der Waals surface area contributed by atoms with E-state index in [2.05, 4.69) is 12.8 Å². The molecular weight excluding hydrogens is 108 g/mol. The van der Waals surface area contributed by atoms with Gasteiger partial charge >= 0.3 is 0 Å². The van der Waals surface area contributed by atoms with E-state index in [0.717, 1.165) is 12.8 Å². The van der Waals surface area contributed by atoms with Crippen molar-refractivity contribution in [2.75, 3.05) is 0 Å². The van der Waals surface area contributed by atoms with Gasteiger partial charge in [0.1, 0.15) is 0 Å². The summed E-state index contributed by atoms with van der Waals surface area (Å²) in [7, 11) is 0. The Balaban J connectivity index is 2.93. The Labute approximate surface area is 58.0 Å². The summed E-state index contributed by atoms with van der Waals surface area (Å²) in [4.78, 5) is 0. The Morgan fingerprint density at radius 2 is 2.22 bits per heavy atom. The van der Waals surface area contributed by atoms with Gasteiger partial charge in [0.2, 0.25) is 0 Å². The zero-order chi connectivity index (χ0) is 6.95. The summed E-state index contributed by atoms with van der Waals surface area (Å²) in [5, 5.41) is 0. The molecule has 0 spiro atoms. The second-order valence-corrected chi connectivity index (χ2v) is 1.92. The molecule has 49 valence electrons. The first-order chi connectivity index (χ1) is 4.41. The van der Waals surface area contributed by atoms with Crippen molar-refractivity contribution in [1.82, 2.24) is 0 Å². The highest BCUT2D eigenvalue weighted by Gasteiger charge is 1.79. The highest BCUT2D eigenvalue weighted by atomic mass is 13.8. The highest BCUT2D eigenvalue weighted by Crippen LogP contribution is 1.98. The maximum absolute atomic E-state index is 4.99. The fraction of sp³-hybridized carbons (Fsp3) is 0.444. The number of hydrogen-bond acceptors (Lipinski definition) is 0. The van der Waals surface area contributed by atoms with Crippen LogP contribution in [0.2, 0.25) is 0 Å². The SMILES string of the molecule is C#C/C=C/CCCC[CH2]. The van der Waals surface area contributed by atoms with Gasteiger partial charge in [0.05, 0.1) is 0 Å². The number of unbranched alkanes of at least 4 members (excludes halogenated alkanes) is 3. The molecule has 0 fully saturated rings. The van der Waals surface area contributed by atoms with Gasteiger partial charge in [-0.15, -0.1) is 6.42 Å². The minimum absolute atomic E-state index is 1.03. The summed E-state index contributed by atoms with van der Waals surface area (Å²) in [6, 6.07) is 0. The summed E-state index contributed by atoms with van der Waals surface area (Å²) < 4.78 is 0. The Morgan fingerprint density at radius 3 is 2.78 bits per heavy atom. The van der Waals surface area contributed by atoms with Gasteiger partial charge in [0.15, 0.2) is 0 Å². The number of rotatable bonds is 4. The van der Waals surface area contributed by atoms with Crippen LogP contribution in [0.25, 0.3) is 0 Å². The molecule has 0 saturated carbocycles. The predicted octanol–water partition coefficient (Wildman–Crippen LogP) is 2.57. The number of terminal acetylenes is 1. The van der Waals surface area contributed by atoms with Crippen molar-refractivity contribution < 1.29 is 0 Å². The van der Waals surface area contributed by atoms with Crippen LogP contribution in [-0.2, 0) is 0 Å². The van der Waals surface area contributed by atoms with Crippen molar-refractivity contribution >= 4 is 0 Å². The highest BCUT2D eigenvalue weighted by molar-refractivity contribution is 5.08. The summed E-state index contributed by atoms with van der Waals surface area (Å²) >= 11 is 0. The fourth-order valence-electron chi connectivity index (χ4n) is 0.590. The van der Waals surface area contributed by atoms with Gasteiger partial charge in [-0.1, -0.05) is 31.8 Å². The second-order valence-electron chi connectivity index (χ2n) is 1.92. The van der Waals surface area contributed by atoms with Crippen LogP contribution in [0, 0.1) is 19.3 Å². The molecule has 0 bridgehead atoms. The van der Waals surface area contributed by atoms with Gasteiger partial charge in [-0.25, -0.2) is 0 Å². The van der Waals surface area contributed by atoms with E-state index < -0.39 is 0 Å². The molecule has 0 aromatic heterocycles. The van der Waals surface area contributed by atoms with Crippen LogP contribution in [0.4, 0.5) is 0 Å². The van der Waals surface area contributed by atoms with Gasteiger partial charge < -0.3 is 0 Å².